The quantitative estimate of drug-likeness (QED) is 0.492. The number of hydrogen-bond acceptors (Lipinski definition) is 5. The van der Waals surface area contributed by atoms with Crippen molar-refractivity contribution in [3.63, 3.8) is 0 Å². The first-order valence-electron chi connectivity index (χ1n) is 7.76. The number of carbonyl (C=O) groups excluding carboxylic acids is 1. The van der Waals surface area contributed by atoms with Gasteiger partial charge < -0.3 is 15.4 Å². The molecular formula is C16H14Cl2N6O3. The lowest BCUT2D eigenvalue weighted by atomic mass is 10.2. The zero-order valence-corrected chi connectivity index (χ0v) is 15.8. The molecule has 2 heterocycles. The lowest BCUT2D eigenvalue weighted by molar-refractivity contribution is -0.389. The summed E-state index contributed by atoms with van der Waals surface area (Å²) in [5, 5.41) is 24.0. The maximum absolute atomic E-state index is 12.4. The number of nitrogens with one attached hydrogen (secondary N) is 2. The number of anilines is 1. The van der Waals surface area contributed by atoms with Gasteiger partial charge in [0.2, 0.25) is 0 Å². The van der Waals surface area contributed by atoms with E-state index in [9.17, 15) is 14.9 Å². The average Bonchev–Trinajstić information content (AvgIpc) is 3.12. The highest BCUT2D eigenvalue weighted by Crippen LogP contribution is 2.27. The first-order valence-corrected chi connectivity index (χ1v) is 8.51. The van der Waals surface area contributed by atoms with E-state index < -0.39 is 16.6 Å². The van der Waals surface area contributed by atoms with Gasteiger partial charge in [0.15, 0.2) is 10.7 Å². The Morgan fingerprint density at radius 3 is 2.56 bits per heavy atom. The lowest BCUT2D eigenvalue weighted by Gasteiger charge is -2.06. The molecule has 140 valence electrons. The summed E-state index contributed by atoms with van der Waals surface area (Å²) in [6.45, 7) is 4.05. The van der Waals surface area contributed by atoms with Gasteiger partial charge in [-0.1, -0.05) is 40.4 Å². The van der Waals surface area contributed by atoms with Crippen molar-refractivity contribution < 1.29 is 9.72 Å². The van der Waals surface area contributed by atoms with Gasteiger partial charge in [0.25, 0.3) is 5.91 Å². The van der Waals surface area contributed by atoms with Crippen molar-refractivity contribution in [3.05, 3.63) is 67.1 Å². The summed E-state index contributed by atoms with van der Waals surface area (Å²) in [5.41, 5.74) is 2.55. The van der Waals surface area contributed by atoms with Gasteiger partial charge in [-0.3, -0.25) is 9.48 Å². The van der Waals surface area contributed by atoms with Gasteiger partial charge in [-0.05, 0) is 36.5 Å². The summed E-state index contributed by atoms with van der Waals surface area (Å²) in [5.74, 6) is -1.20. The first kappa shape index (κ1) is 18.9. The van der Waals surface area contributed by atoms with Crippen molar-refractivity contribution in [3.8, 4) is 0 Å². The van der Waals surface area contributed by atoms with Crippen LogP contribution >= 0.6 is 23.2 Å². The summed E-state index contributed by atoms with van der Waals surface area (Å²) in [6.07, 6.45) is 0. The second-order valence-corrected chi connectivity index (χ2v) is 6.59. The summed E-state index contributed by atoms with van der Waals surface area (Å²) in [6, 6.07) is 7.36. The van der Waals surface area contributed by atoms with E-state index in [4.69, 9.17) is 23.2 Å². The highest BCUT2D eigenvalue weighted by atomic mass is 35.5. The van der Waals surface area contributed by atoms with E-state index in [1.807, 2.05) is 12.1 Å². The fourth-order valence-electron chi connectivity index (χ4n) is 2.56. The molecule has 2 aromatic heterocycles. The van der Waals surface area contributed by atoms with Gasteiger partial charge >= 0.3 is 5.82 Å². The molecule has 3 rings (SSSR count). The number of halogens is 2. The van der Waals surface area contributed by atoms with Crippen LogP contribution in [0.15, 0.2) is 24.3 Å². The number of rotatable bonds is 5. The monoisotopic (exact) mass is 408 g/mol. The predicted octanol–water partition coefficient (Wildman–Crippen LogP) is 3.74. The smallest absolute Gasteiger partial charge is 0.358 e. The first-order chi connectivity index (χ1) is 12.8. The van der Waals surface area contributed by atoms with Crippen LogP contribution in [0.25, 0.3) is 0 Å². The van der Waals surface area contributed by atoms with Crippen LogP contribution in [-0.2, 0) is 6.54 Å². The SMILES string of the molecule is Cc1nn(Cc2ccc(Cl)cc2)c(C)c1NC(=O)c1n[nH]c([N+](=O)[O-])c1Cl. The van der Waals surface area contributed by atoms with E-state index >= 15 is 0 Å². The highest BCUT2D eigenvalue weighted by Gasteiger charge is 2.26. The molecule has 0 aliphatic heterocycles. The Bertz CT molecular complexity index is 1030. The fourth-order valence-corrected chi connectivity index (χ4v) is 2.92. The summed E-state index contributed by atoms with van der Waals surface area (Å²) in [4.78, 5) is 22.5. The Morgan fingerprint density at radius 2 is 1.96 bits per heavy atom. The van der Waals surface area contributed by atoms with Gasteiger partial charge in [0.1, 0.15) is 0 Å². The molecular weight excluding hydrogens is 395 g/mol. The number of nitro groups is 1. The van der Waals surface area contributed by atoms with E-state index in [1.54, 1.807) is 30.7 Å². The fraction of sp³-hybridized carbons (Fsp3) is 0.188. The van der Waals surface area contributed by atoms with Crippen molar-refractivity contribution in [1.82, 2.24) is 20.0 Å². The Balaban J connectivity index is 1.83. The third kappa shape index (κ3) is 3.79. The standard InChI is InChI=1S/C16H14Cl2N6O3/c1-8-13(19-16(25)14-12(18)15(21-20-14)24(26)27)9(2)23(22-8)7-10-3-5-11(17)6-4-10/h3-6H,7H2,1-2H3,(H,19,25)(H,20,21). The molecule has 3 aromatic rings. The molecule has 0 saturated carbocycles. The molecule has 1 aromatic carbocycles. The number of nitrogens with zero attached hydrogens (tertiary/aromatic N) is 4. The zero-order valence-electron chi connectivity index (χ0n) is 14.3. The van der Waals surface area contributed by atoms with Crippen molar-refractivity contribution in [1.29, 1.82) is 0 Å². The van der Waals surface area contributed by atoms with Crippen LogP contribution in [0.4, 0.5) is 11.5 Å². The number of amides is 1. The van der Waals surface area contributed by atoms with Crippen LogP contribution in [0.1, 0.15) is 27.4 Å². The maximum atomic E-state index is 12.4. The van der Waals surface area contributed by atoms with E-state index in [0.29, 0.717) is 22.9 Å². The number of hydrogen-bond donors (Lipinski definition) is 2. The molecule has 0 bridgehead atoms. The molecule has 9 nitrogen and oxygen atoms in total. The zero-order chi connectivity index (χ0) is 19.7. The van der Waals surface area contributed by atoms with E-state index in [-0.39, 0.29) is 10.7 Å². The molecule has 0 spiro atoms. The number of carbonyl (C=O) groups is 1. The van der Waals surface area contributed by atoms with E-state index in [2.05, 4.69) is 20.6 Å². The second-order valence-electron chi connectivity index (χ2n) is 5.78. The van der Waals surface area contributed by atoms with Gasteiger partial charge in [-0.25, -0.2) is 0 Å². The summed E-state index contributed by atoms with van der Waals surface area (Å²) in [7, 11) is 0. The van der Waals surface area contributed by atoms with Crippen molar-refractivity contribution in [2.45, 2.75) is 20.4 Å². The number of aromatic amines is 1. The normalized spacial score (nSPS) is 10.8. The van der Waals surface area contributed by atoms with Crippen molar-refractivity contribution in [2.75, 3.05) is 5.32 Å². The minimum absolute atomic E-state index is 0.257. The topological polar surface area (TPSA) is 119 Å². The Labute approximate surface area is 163 Å². The lowest BCUT2D eigenvalue weighted by Crippen LogP contribution is -2.14. The number of aryl methyl sites for hydroxylation is 1. The Hall–Kier alpha value is -2.91. The second kappa shape index (κ2) is 7.37. The number of aromatic nitrogens is 4. The van der Waals surface area contributed by atoms with Crippen LogP contribution in [0, 0.1) is 24.0 Å². The predicted molar refractivity (Wildman–Crippen MR) is 100 cm³/mol. The van der Waals surface area contributed by atoms with Crippen LogP contribution < -0.4 is 5.32 Å². The van der Waals surface area contributed by atoms with Crippen LogP contribution in [0.2, 0.25) is 10.0 Å². The van der Waals surface area contributed by atoms with Gasteiger partial charge in [0, 0.05) is 5.02 Å². The van der Waals surface area contributed by atoms with Crippen molar-refractivity contribution in [2.24, 2.45) is 0 Å². The molecule has 0 aliphatic rings. The maximum Gasteiger partial charge on any atom is 0.362 e. The van der Waals surface area contributed by atoms with Gasteiger partial charge in [0.05, 0.1) is 23.6 Å². The molecule has 11 heteroatoms. The molecule has 0 unspecified atom stereocenters. The molecule has 2 N–H and O–H groups in total. The highest BCUT2D eigenvalue weighted by molar-refractivity contribution is 6.36. The van der Waals surface area contributed by atoms with Gasteiger partial charge in [-0.2, -0.15) is 5.10 Å². The van der Waals surface area contributed by atoms with E-state index in [0.717, 1.165) is 11.3 Å². The van der Waals surface area contributed by atoms with E-state index in [1.165, 1.54) is 0 Å². The average molecular weight is 409 g/mol. The van der Waals surface area contributed by atoms with Crippen LogP contribution in [0.5, 0.6) is 0 Å². The van der Waals surface area contributed by atoms with Crippen molar-refractivity contribution >= 4 is 40.6 Å². The van der Waals surface area contributed by atoms with Gasteiger partial charge in [-0.15, -0.1) is 5.10 Å². The minimum Gasteiger partial charge on any atom is -0.358 e. The third-order valence-corrected chi connectivity index (χ3v) is 4.56. The molecule has 1 amide bonds. The molecule has 0 radical (unpaired) electrons. The molecule has 0 atom stereocenters. The summed E-state index contributed by atoms with van der Waals surface area (Å²) >= 11 is 11.8. The Kier molecular flexibility index (Phi) is 5.15. The minimum atomic E-state index is -0.743. The number of benzene rings is 1. The van der Waals surface area contributed by atoms with Crippen LogP contribution in [-0.4, -0.2) is 30.8 Å². The molecule has 27 heavy (non-hydrogen) atoms. The number of H-pyrrole nitrogens is 1. The largest absolute Gasteiger partial charge is 0.362 e. The Morgan fingerprint density at radius 1 is 1.30 bits per heavy atom. The summed E-state index contributed by atoms with van der Waals surface area (Å²) < 4.78 is 1.74. The molecule has 0 aliphatic carbocycles. The third-order valence-electron chi connectivity index (χ3n) is 3.95. The molecule has 0 fully saturated rings. The molecule has 0 saturated heterocycles. The van der Waals surface area contributed by atoms with Crippen LogP contribution in [0.3, 0.4) is 0 Å².